The Hall–Kier alpha value is -2.21. The summed E-state index contributed by atoms with van der Waals surface area (Å²) in [5, 5.41) is 29.2. The predicted octanol–water partition coefficient (Wildman–Crippen LogP) is 2.44. The van der Waals surface area contributed by atoms with Gasteiger partial charge in [-0.3, -0.25) is 4.40 Å². The first-order chi connectivity index (χ1) is 11.5. The molecule has 2 aromatic heterocycles. The van der Waals surface area contributed by atoms with Gasteiger partial charge in [0, 0.05) is 16.8 Å². The van der Waals surface area contributed by atoms with E-state index in [2.05, 4.69) is 22.3 Å². The molecule has 0 saturated heterocycles. The maximum Gasteiger partial charge on any atom is 0.167 e. The van der Waals surface area contributed by atoms with Crippen molar-refractivity contribution in [2.45, 2.75) is 17.9 Å². The van der Waals surface area contributed by atoms with Crippen molar-refractivity contribution < 1.29 is 10.2 Å². The molecule has 0 amide bonds. The number of fused-ring (bicyclic) bond motifs is 1. The van der Waals surface area contributed by atoms with E-state index in [9.17, 15) is 10.2 Å². The third-order valence-corrected chi connectivity index (χ3v) is 4.77. The maximum absolute atomic E-state index is 10.4. The van der Waals surface area contributed by atoms with Gasteiger partial charge >= 0.3 is 0 Å². The van der Waals surface area contributed by atoms with Crippen molar-refractivity contribution in [2.24, 2.45) is 0 Å². The first-order valence-corrected chi connectivity index (χ1v) is 8.00. The first-order valence-electron chi connectivity index (χ1n) is 7.62. The molecule has 24 heavy (non-hydrogen) atoms. The van der Waals surface area contributed by atoms with Gasteiger partial charge in [0.2, 0.25) is 0 Å². The number of hydrogen-bond acceptors (Lipinski definition) is 4. The van der Waals surface area contributed by atoms with Gasteiger partial charge in [-0.05, 0) is 30.7 Å². The third kappa shape index (κ3) is 2.17. The standard InChI is InChI=1S/C18H16ClN3O2/c1-17(24,11-23)14-3-2-10-22-15(14)20-21-16(22)18(8-9-18)12-4-6-13(19)7-5-12/h2-10,23-24H,11H2,1H3. The van der Waals surface area contributed by atoms with Crippen LogP contribution in [0, 0.1) is 0 Å². The quantitative estimate of drug-likeness (QED) is 0.715. The summed E-state index contributed by atoms with van der Waals surface area (Å²) in [5.74, 6) is 0.746. The topological polar surface area (TPSA) is 70.7 Å². The van der Waals surface area contributed by atoms with Gasteiger partial charge < -0.3 is 10.2 Å². The summed E-state index contributed by atoms with van der Waals surface area (Å²) in [4.78, 5) is 0. The molecule has 1 aliphatic rings. The molecule has 0 spiro atoms. The van der Waals surface area contributed by atoms with Crippen molar-refractivity contribution in [3.8, 4) is 0 Å². The van der Waals surface area contributed by atoms with Gasteiger partial charge in [-0.1, -0.05) is 42.0 Å². The van der Waals surface area contributed by atoms with Gasteiger partial charge in [-0.25, -0.2) is 0 Å². The van der Waals surface area contributed by atoms with Crippen molar-refractivity contribution in [3.05, 3.63) is 76.7 Å². The molecule has 0 aliphatic heterocycles. The molecule has 1 aliphatic carbocycles. The van der Waals surface area contributed by atoms with Crippen LogP contribution in [0.5, 0.6) is 0 Å². The van der Waals surface area contributed by atoms with E-state index in [1.54, 1.807) is 13.0 Å². The summed E-state index contributed by atoms with van der Waals surface area (Å²) in [6, 6.07) is 11.2. The number of benzene rings is 1. The van der Waals surface area contributed by atoms with Gasteiger partial charge in [-0.2, -0.15) is 0 Å². The highest BCUT2D eigenvalue weighted by atomic mass is 35.5. The number of hydrogen-bond donors (Lipinski definition) is 2. The normalized spacial score (nSPS) is 17.8. The van der Waals surface area contributed by atoms with Crippen molar-refractivity contribution in [3.63, 3.8) is 0 Å². The van der Waals surface area contributed by atoms with Crippen LogP contribution < -0.4 is 0 Å². The zero-order chi connectivity index (χ0) is 16.9. The van der Waals surface area contributed by atoms with E-state index in [1.165, 1.54) is 0 Å². The fourth-order valence-electron chi connectivity index (χ4n) is 2.98. The Kier molecular flexibility index (Phi) is 3.28. The second kappa shape index (κ2) is 5.14. The van der Waals surface area contributed by atoms with E-state index in [-0.39, 0.29) is 0 Å². The minimum Gasteiger partial charge on any atom is -0.393 e. The monoisotopic (exact) mass is 341 g/mol. The Morgan fingerprint density at radius 3 is 2.50 bits per heavy atom. The molecule has 122 valence electrons. The van der Waals surface area contributed by atoms with E-state index in [0.29, 0.717) is 16.2 Å². The SMILES string of the molecule is CC(O)(CO)c1cccn2c(C3(c4ccc(Cl)cc4)C=C3)nnc12. The Morgan fingerprint density at radius 1 is 1.17 bits per heavy atom. The van der Waals surface area contributed by atoms with E-state index < -0.39 is 17.6 Å². The van der Waals surface area contributed by atoms with Crippen molar-refractivity contribution >= 4 is 17.2 Å². The summed E-state index contributed by atoms with van der Waals surface area (Å²) >= 11 is 5.98. The number of nitrogens with zero attached hydrogens (tertiary/aromatic N) is 3. The number of aliphatic hydroxyl groups excluding tert-OH is 1. The summed E-state index contributed by atoms with van der Waals surface area (Å²) in [5.41, 5.74) is 0.345. The molecule has 4 rings (SSSR count). The van der Waals surface area contributed by atoms with E-state index >= 15 is 0 Å². The minimum absolute atomic E-state index is 0.393. The number of halogens is 1. The predicted molar refractivity (Wildman–Crippen MR) is 91.0 cm³/mol. The van der Waals surface area contributed by atoms with E-state index in [1.807, 2.05) is 40.9 Å². The lowest BCUT2D eigenvalue weighted by atomic mass is 9.92. The number of aliphatic hydroxyl groups is 2. The van der Waals surface area contributed by atoms with Crippen LogP contribution in [0.15, 0.2) is 54.7 Å². The van der Waals surface area contributed by atoms with E-state index in [0.717, 1.165) is 11.4 Å². The highest BCUT2D eigenvalue weighted by Gasteiger charge is 2.43. The first kappa shape index (κ1) is 15.3. The molecule has 0 fully saturated rings. The third-order valence-electron chi connectivity index (χ3n) is 4.51. The van der Waals surface area contributed by atoms with Crippen molar-refractivity contribution in [2.75, 3.05) is 6.61 Å². The lowest BCUT2D eigenvalue weighted by Crippen LogP contribution is -2.27. The van der Waals surface area contributed by atoms with Gasteiger partial charge in [-0.15, -0.1) is 10.2 Å². The lowest BCUT2D eigenvalue weighted by molar-refractivity contribution is -0.00148. The molecule has 1 unspecified atom stereocenters. The maximum atomic E-state index is 10.4. The van der Waals surface area contributed by atoms with Crippen LogP contribution in [0.3, 0.4) is 0 Å². The zero-order valence-corrected chi connectivity index (χ0v) is 13.8. The van der Waals surface area contributed by atoms with Gasteiger partial charge in [0.05, 0.1) is 12.0 Å². The number of aromatic nitrogens is 3. The van der Waals surface area contributed by atoms with Crippen LogP contribution in [-0.2, 0) is 11.0 Å². The molecule has 1 atom stereocenters. The molecular formula is C18H16ClN3O2. The molecule has 0 saturated carbocycles. The van der Waals surface area contributed by atoms with Crippen molar-refractivity contribution in [1.82, 2.24) is 14.6 Å². The minimum atomic E-state index is -1.38. The molecule has 1 aromatic carbocycles. The Balaban J connectivity index is 1.87. The highest BCUT2D eigenvalue weighted by molar-refractivity contribution is 6.30. The fraction of sp³-hybridized carbons (Fsp3) is 0.222. The number of pyridine rings is 1. The number of allylic oxidation sites excluding steroid dienone is 2. The van der Waals surface area contributed by atoms with Crippen molar-refractivity contribution in [1.29, 1.82) is 0 Å². The zero-order valence-electron chi connectivity index (χ0n) is 13.0. The van der Waals surface area contributed by atoms with Crippen LogP contribution in [-0.4, -0.2) is 31.4 Å². The molecule has 0 radical (unpaired) electrons. The molecule has 6 heteroatoms. The molecule has 2 heterocycles. The average molecular weight is 342 g/mol. The molecule has 2 N–H and O–H groups in total. The van der Waals surface area contributed by atoms with Crippen LogP contribution in [0.2, 0.25) is 5.02 Å². The van der Waals surface area contributed by atoms with Crippen LogP contribution in [0.25, 0.3) is 5.65 Å². The second-order valence-electron chi connectivity index (χ2n) is 6.28. The van der Waals surface area contributed by atoms with Gasteiger partial charge in [0.15, 0.2) is 11.5 Å². The van der Waals surface area contributed by atoms with Gasteiger partial charge in [0.1, 0.15) is 5.60 Å². The van der Waals surface area contributed by atoms with Crippen LogP contribution in [0.4, 0.5) is 0 Å². The average Bonchev–Trinajstić information content (AvgIpc) is 3.27. The summed E-state index contributed by atoms with van der Waals surface area (Å²) in [6.45, 7) is 1.16. The number of rotatable bonds is 4. The fourth-order valence-corrected chi connectivity index (χ4v) is 3.11. The summed E-state index contributed by atoms with van der Waals surface area (Å²) in [6.07, 6.45) is 5.98. The smallest absolute Gasteiger partial charge is 0.167 e. The molecule has 5 nitrogen and oxygen atoms in total. The van der Waals surface area contributed by atoms with Gasteiger partial charge in [0.25, 0.3) is 0 Å². The summed E-state index contributed by atoms with van der Waals surface area (Å²) < 4.78 is 1.86. The molecule has 0 bridgehead atoms. The Bertz CT molecular complexity index is 939. The largest absolute Gasteiger partial charge is 0.393 e. The second-order valence-corrected chi connectivity index (χ2v) is 6.72. The van der Waals surface area contributed by atoms with Crippen LogP contribution >= 0.6 is 11.6 Å². The highest BCUT2D eigenvalue weighted by Crippen LogP contribution is 2.44. The Morgan fingerprint density at radius 2 is 1.88 bits per heavy atom. The molecular weight excluding hydrogens is 326 g/mol. The molecule has 3 aromatic rings. The Labute approximate surface area is 143 Å². The van der Waals surface area contributed by atoms with Crippen LogP contribution in [0.1, 0.15) is 23.9 Å². The lowest BCUT2D eigenvalue weighted by Gasteiger charge is -2.21. The summed E-state index contributed by atoms with van der Waals surface area (Å²) in [7, 11) is 0. The van der Waals surface area contributed by atoms with E-state index in [4.69, 9.17) is 11.6 Å².